The molecule has 1 heterocycles. The van der Waals surface area contributed by atoms with Gasteiger partial charge in [0, 0.05) is 10.0 Å². The van der Waals surface area contributed by atoms with Crippen LogP contribution in [0.5, 0.6) is 0 Å². The van der Waals surface area contributed by atoms with Crippen molar-refractivity contribution in [3.8, 4) is 11.3 Å². The van der Waals surface area contributed by atoms with Gasteiger partial charge in [-0.3, -0.25) is 0 Å². The van der Waals surface area contributed by atoms with Crippen LogP contribution in [0.3, 0.4) is 0 Å². The fraction of sp³-hybridized carbons (Fsp3) is 0.565. The molecule has 0 unspecified atom stereocenters. The first kappa shape index (κ1) is 28.5. The minimum Gasteiger partial charge on any atom is -0.460 e. The van der Waals surface area contributed by atoms with E-state index in [-0.39, 0.29) is 24.8 Å². The molecule has 0 fully saturated rings. The molecular weight excluding hydrogens is 471 g/mol. The van der Waals surface area contributed by atoms with Crippen molar-refractivity contribution in [1.82, 2.24) is 10.2 Å². The summed E-state index contributed by atoms with van der Waals surface area (Å²) in [4.78, 5) is 2.62. The molecule has 0 radical (unpaired) electrons. The fourth-order valence-corrected chi connectivity index (χ4v) is 3.73. The lowest BCUT2D eigenvalue weighted by Gasteiger charge is -2.21. The Hall–Kier alpha value is -0.520. The second-order valence-corrected chi connectivity index (χ2v) is 8.22. The molecule has 0 spiro atoms. The van der Waals surface area contributed by atoms with Crippen molar-refractivity contribution in [2.24, 2.45) is 0 Å². The van der Waals surface area contributed by atoms with Gasteiger partial charge < -0.3 is 14.6 Å². The summed E-state index contributed by atoms with van der Waals surface area (Å²) >= 11 is 3.52. The summed E-state index contributed by atoms with van der Waals surface area (Å²) in [6, 6.07) is 10.4. The van der Waals surface area contributed by atoms with E-state index < -0.39 is 0 Å². The molecule has 1 N–H and O–H groups in total. The quantitative estimate of drug-likeness (QED) is 0.289. The normalized spacial score (nSPS) is 10.7. The molecule has 166 valence electrons. The Morgan fingerprint density at radius 2 is 1.59 bits per heavy atom. The highest BCUT2D eigenvalue weighted by atomic mass is 79.9. The Labute approximate surface area is 198 Å². The predicted octanol–water partition coefficient (Wildman–Crippen LogP) is 7.24. The summed E-state index contributed by atoms with van der Waals surface area (Å²) < 4.78 is 7.14. The molecule has 0 aliphatic rings. The van der Waals surface area contributed by atoms with Gasteiger partial charge >= 0.3 is 0 Å². The highest BCUT2D eigenvalue weighted by molar-refractivity contribution is 9.10. The third kappa shape index (κ3) is 10.4. The topological polar surface area (TPSA) is 28.4 Å². The lowest BCUT2D eigenvalue weighted by atomic mass is 10.1. The van der Waals surface area contributed by atoms with E-state index in [0.29, 0.717) is 0 Å². The van der Waals surface area contributed by atoms with Crippen molar-refractivity contribution in [2.45, 2.75) is 59.4 Å². The van der Waals surface area contributed by atoms with E-state index in [1.54, 1.807) is 0 Å². The molecule has 0 atom stereocenters. The second-order valence-electron chi connectivity index (χ2n) is 7.30. The van der Waals surface area contributed by atoms with Crippen molar-refractivity contribution in [1.29, 1.82) is 0 Å². The first-order valence-electron chi connectivity index (χ1n) is 10.4. The van der Waals surface area contributed by atoms with Crippen molar-refractivity contribution in [3.05, 3.63) is 46.1 Å². The maximum atomic E-state index is 6.04. The second kappa shape index (κ2) is 16.2. The van der Waals surface area contributed by atoms with Crippen molar-refractivity contribution >= 4 is 40.7 Å². The number of nitrogens with one attached hydrogen (secondary N) is 1. The van der Waals surface area contributed by atoms with Gasteiger partial charge in [-0.25, -0.2) is 0 Å². The van der Waals surface area contributed by atoms with Crippen LogP contribution in [-0.2, 0) is 6.54 Å². The van der Waals surface area contributed by atoms with Crippen molar-refractivity contribution < 1.29 is 4.42 Å². The highest BCUT2D eigenvalue weighted by Crippen LogP contribution is 2.27. The van der Waals surface area contributed by atoms with Crippen molar-refractivity contribution in [3.63, 3.8) is 0 Å². The molecule has 6 heteroatoms. The third-order valence-electron chi connectivity index (χ3n) is 4.90. The maximum Gasteiger partial charge on any atom is 0.134 e. The highest BCUT2D eigenvalue weighted by Gasteiger charge is 2.08. The van der Waals surface area contributed by atoms with E-state index in [9.17, 15) is 0 Å². The summed E-state index contributed by atoms with van der Waals surface area (Å²) in [5.41, 5.74) is 2.38. The number of aryl methyl sites for hydroxylation is 1. The molecule has 0 bridgehead atoms. The molecule has 1 aromatic carbocycles. The lowest BCUT2D eigenvalue weighted by molar-refractivity contribution is 0.260. The fourth-order valence-electron chi connectivity index (χ4n) is 3.26. The predicted molar refractivity (Wildman–Crippen MR) is 134 cm³/mol. The molecule has 0 saturated heterocycles. The molecule has 3 nitrogen and oxygen atoms in total. The average molecular weight is 508 g/mol. The molecule has 2 rings (SSSR count). The van der Waals surface area contributed by atoms with Gasteiger partial charge in [-0.1, -0.05) is 42.6 Å². The molecule has 0 aliphatic carbocycles. The maximum absolute atomic E-state index is 6.04. The zero-order chi connectivity index (χ0) is 19.5. The Balaban J connectivity index is 0.00000392. The van der Waals surface area contributed by atoms with Crippen LogP contribution in [0.4, 0.5) is 0 Å². The molecule has 0 aliphatic heterocycles. The van der Waals surface area contributed by atoms with Gasteiger partial charge in [0.15, 0.2) is 0 Å². The molecule has 0 amide bonds. The molecular formula is C23H37BrCl2N2O. The van der Waals surface area contributed by atoms with Crippen LogP contribution in [0.25, 0.3) is 11.3 Å². The van der Waals surface area contributed by atoms with E-state index in [2.05, 4.69) is 77.2 Å². The first-order valence-corrected chi connectivity index (χ1v) is 11.2. The summed E-state index contributed by atoms with van der Waals surface area (Å²) in [6.07, 6.45) is 6.36. The van der Waals surface area contributed by atoms with Crippen LogP contribution in [0.1, 0.15) is 57.3 Å². The SMILES string of the molecule is CCCCN(CCCC)CCCNCc1ccc(-c2ccc(Br)cc2C)o1.Cl.Cl. The first-order chi connectivity index (χ1) is 13.1. The van der Waals surface area contributed by atoms with Gasteiger partial charge in [-0.15, -0.1) is 24.8 Å². The van der Waals surface area contributed by atoms with Crippen LogP contribution in [-0.4, -0.2) is 31.1 Å². The van der Waals surface area contributed by atoms with E-state index in [1.165, 1.54) is 57.3 Å². The lowest BCUT2D eigenvalue weighted by Crippen LogP contribution is -2.29. The van der Waals surface area contributed by atoms with Crippen LogP contribution < -0.4 is 5.32 Å². The Morgan fingerprint density at radius 1 is 0.931 bits per heavy atom. The molecule has 0 saturated carbocycles. The minimum atomic E-state index is 0. The van der Waals surface area contributed by atoms with E-state index in [0.717, 1.165) is 34.6 Å². The van der Waals surface area contributed by atoms with Gasteiger partial charge in [-0.2, -0.15) is 0 Å². The Bertz CT molecular complexity index is 671. The monoisotopic (exact) mass is 506 g/mol. The third-order valence-corrected chi connectivity index (χ3v) is 5.39. The van der Waals surface area contributed by atoms with Gasteiger partial charge in [0.25, 0.3) is 0 Å². The number of unbranched alkanes of at least 4 members (excludes halogenated alkanes) is 2. The van der Waals surface area contributed by atoms with Crippen LogP contribution in [0.15, 0.2) is 39.2 Å². The van der Waals surface area contributed by atoms with Gasteiger partial charge in [0.1, 0.15) is 11.5 Å². The molecule has 2 aromatic rings. The summed E-state index contributed by atoms with van der Waals surface area (Å²) in [7, 11) is 0. The largest absolute Gasteiger partial charge is 0.460 e. The number of nitrogens with zero attached hydrogens (tertiary/aromatic N) is 1. The number of rotatable bonds is 13. The molecule has 1 aromatic heterocycles. The van der Waals surface area contributed by atoms with E-state index >= 15 is 0 Å². The average Bonchev–Trinajstić information content (AvgIpc) is 3.11. The zero-order valence-electron chi connectivity index (χ0n) is 18.0. The summed E-state index contributed by atoms with van der Waals surface area (Å²) in [5, 5.41) is 3.53. The van der Waals surface area contributed by atoms with Crippen LogP contribution in [0.2, 0.25) is 0 Å². The number of hydrogen-bond donors (Lipinski definition) is 1. The smallest absolute Gasteiger partial charge is 0.134 e. The summed E-state index contributed by atoms with van der Waals surface area (Å²) in [6.45, 7) is 12.1. The van der Waals surface area contributed by atoms with E-state index in [1.807, 2.05) is 0 Å². The Kier molecular flexibility index (Phi) is 15.9. The number of halogens is 3. The number of hydrogen-bond acceptors (Lipinski definition) is 3. The van der Waals surface area contributed by atoms with Gasteiger partial charge in [-0.05, 0) is 88.3 Å². The van der Waals surface area contributed by atoms with Crippen molar-refractivity contribution in [2.75, 3.05) is 26.2 Å². The Morgan fingerprint density at radius 3 is 2.21 bits per heavy atom. The number of furan rings is 1. The standard InChI is InChI=1S/C23H35BrN2O.2ClH/c1-4-6-14-26(15-7-5-2)16-8-13-25-18-21-10-12-23(27-21)22-11-9-20(24)17-19(22)3;;/h9-12,17,25H,4-8,13-16,18H2,1-3H3;2*1H. The molecule has 29 heavy (non-hydrogen) atoms. The number of benzene rings is 1. The zero-order valence-corrected chi connectivity index (χ0v) is 21.2. The van der Waals surface area contributed by atoms with Gasteiger partial charge in [0.05, 0.1) is 6.54 Å². The van der Waals surface area contributed by atoms with Crippen LogP contribution in [0, 0.1) is 6.92 Å². The minimum absolute atomic E-state index is 0. The van der Waals surface area contributed by atoms with E-state index in [4.69, 9.17) is 4.42 Å². The van der Waals surface area contributed by atoms with Gasteiger partial charge in [0.2, 0.25) is 0 Å². The summed E-state index contributed by atoms with van der Waals surface area (Å²) in [5.74, 6) is 1.95. The van der Waals surface area contributed by atoms with Crippen LogP contribution >= 0.6 is 40.7 Å².